The van der Waals surface area contributed by atoms with Gasteiger partial charge in [0.25, 0.3) is 5.91 Å². The van der Waals surface area contributed by atoms with Gasteiger partial charge in [-0.05, 0) is 55.3 Å². The van der Waals surface area contributed by atoms with Crippen LogP contribution in [-0.4, -0.2) is 19.1 Å². The van der Waals surface area contributed by atoms with Crippen molar-refractivity contribution in [3.63, 3.8) is 0 Å². The first-order chi connectivity index (χ1) is 16.5. The predicted molar refractivity (Wildman–Crippen MR) is 137 cm³/mol. The van der Waals surface area contributed by atoms with Crippen molar-refractivity contribution in [3.8, 4) is 0 Å². The van der Waals surface area contributed by atoms with Gasteiger partial charge in [0.15, 0.2) is 0 Å². The minimum absolute atomic E-state index is 0.240. The van der Waals surface area contributed by atoms with Crippen LogP contribution in [0.25, 0.3) is 11.3 Å². The zero-order valence-electron chi connectivity index (χ0n) is 19.2. The van der Waals surface area contributed by atoms with E-state index in [9.17, 15) is 9.36 Å². The van der Waals surface area contributed by atoms with Crippen LogP contribution in [0.1, 0.15) is 30.5 Å². The van der Waals surface area contributed by atoms with Gasteiger partial charge in [-0.25, -0.2) is 0 Å². The summed E-state index contributed by atoms with van der Waals surface area (Å²) in [5, 5.41) is 6.74. The quantitative estimate of drug-likeness (QED) is 0.297. The first-order valence-corrected chi connectivity index (χ1v) is 12.7. The first-order valence-electron chi connectivity index (χ1n) is 11.2. The van der Waals surface area contributed by atoms with Crippen LogP contribution >= 0.6 is 7.60 Å². The van der Waals surface area contributed by atoms with E-state index in [0.29, 0.717) is 34.4 Å². The highest BCUT2D eigenvalue weighted by molar-refractivity contribution is 7.62. The zero-order valence-corrected chi connectivity index (χ0v) is 20.1. The van der Waals surface area contributed by atoms with E-state index in [0.717, 1.165) is 16.8 Å². The molecule has 176 valence electrons. The van der Waals surface area contributed by atoms with E-state index in [2.05, 4.69) is 10.6 Å². The molecule has 3 aromatic carbocycles. The van der Waals surface area contributed by atoms with E-state index in [-0.39, 0.29) is 19.1 Å². The molecule has 0 unspecified atom stereocenters. The molecule has 1 heterocycles. The molecule has 0 saturated carbocycles. The molecule has 3 aromatic rings. The Balaban J connectivity index is 1.87. The summed E-state index contributed by atoms with van der Waals surface area (Å²) in [6, 6.07) is 22.5. The average Bonchev–Trinajstić information content (AvgIpc) is 3.18. The molecule has 0 radical (unpaired) electrons. The second-order valence-electron chi connectivity index (χ2n) is 7.66. The molecule has 4 N–H and O–H groups in total. The van der Waals surface area contributed by atoms with Crippen molar-refractivity contribution in [3.05, 3.63) is 89.5 Å². The van der Waals surface area contributed by atoms with Gasteiger partial charge in [-0.1, -0.05) is 42.5 Å². The van der Waals surface area contributed by atoms with Gasteiger partial charge >= 0.3 is 7.60 Å². The lowest BCUT2D eigenvalue weighted by Gasteiger charge is -2.18. The molecule has 1 aliphatic rings. The summed E-state index contributed by atoms with van der Waals surface area (Å²) < 4.78 is 24.5. The Labute approximate surface area is 199 Å². The minimum Gasteiger partial charge on any atom is -0.354 e. The van der Waals surface area contributed by atoms with Crippen molar-refractivity contribution in [2.75, 3.05) is 23.8 Å². The maximum Gasteiger partial charge on any atom is 0.361 e. The maximum absolute atomic E-state index is 13.4. The highest BCUT2D eigenvalue weighted by atomic mass is 31.2. The summed E-state index contributed by atoms with van der Waals surface area (Å²) in [6.45, 7) is 4.46. The molecule has 0 bridgehead atoms. The van der Waals surface area contributed by atoms with E-state index < -0.39 is 7.60 Å². The third-order valence-electron chi connectivity index (χ3n) is 5.43. The van der Waals surface area contributed by atoms with Crippen molar-refractivity contribution in [1.29, 1.82) is 0 Å². The van der Waals surface area contributed by atoms with Crippen molar-refractivity contribution >= 4 is 41.5 Å². The van der Waals surface area contributed by atoms with Crippen LogP contribution in [0.4, 0.5) is 11.4 Å². The molecule has 0 saturated heterocycles. The SMILES string of the molecule is CCOP(=O)(OCC)c1ccc2c(c1)C(=C(Nc1ccc(CN)cc1)c1ccccc1)C(=O)N2. The molecule has 0 aliphatic carbocycles. The standard InChI is InChI=1S/C26H28N3O4P/c1-3-32-34(31,33-4-2)21-14-15-23-22(16-21)24(26(30)29-23)25(19-8-6-5-7-9-19)28-20-12-10-18(17-27)11-13-20/h5-16,28H,3-4,17,27H2,1-2H3,(H,29,30). The number of hydrogen-bond donors (Lipinski definition) is 3. The highest BCUT2D eigenvalue weighted by Crippen LogP contribution is 2.48. The van der Waals surface area contributed by atoms with Gasteiger partial charge in [-0.2, -0.15) is 0 Å². The molecular formula is C26H28N3O4P. The van der Waals surface area contributed by atoms with Gasteiger partial charge in [-0.3, -0.25) is 9.36 Å². The Kier molecular flexibility index (Phi) is 7.29. The predicted octanol–water partition coefficient (Wildman–Crippen LogP) is 4.97. The number of nitrogens with one attached hydrogen (secondary N) is 2. The van der Waals surface area contributed by atoms with Crippen LogP contribution in [0.5, 0.6) is 0 Å². The topological polar surface area (TPSA) is 103 Å². The molecular weight excluding hydrogens is 449 g/mol. The smallest absolute Gasteiger partial charge is 0.354 e. The van der Waals surface area contributed by atoms with Gasteiger partial charge in [0.2, 0.25) is 0 Å². The number of amides is 1. The Morgan fingerprint density at radius 3 is 2.26 bits per heavy atom. The molecule has 1 aliphatic heterocycles. The molecule has 0 atom stereocenters. The number of nitrogens with two attached hydrogens (primary N) is 1. The fourth-order valence-electron chi connectivity index (χ4n) is 3.85. The Bertz CT molecular complexity index is 1250. The number of benzene rings is 3. The molecule has 0 spiro atoms. The number of carbonyl (C=O) groups is 1. The summed E-state index contributed by atoms with van der Waals surface area (Å²) in [5.41, 5.74) is 10.7. The van der Waals surface area contributed by atoms with Crippen molar-refractivity contribution < 1.29 is 18.4 Å². The van der Waals surface area contributed by atoms with Gasteiger partial charge in [0.1, 0.15) is 0 Å². The van der Waals surface area contributed by atoms with Gasteiger partial charge in [0, 0.05) is 23.5 Å². The average molecular weight is 478 g/mol. The van der Waals surface area contributed by atoms with Crippen LogP contribution in [0.3, 0.4) is 0 Å². The van der Waals surface area contributed by atoms with Crippen LogP contribution in [0.15, 0.2) is 72.8 Å². The Morgan fingerprint density at radius 2 is 1.65 bits per heavy atom. The molecule has 4 rings (SSSR count). The third-order valence-corrected chi connectivity index (χ3v) is 7.54. The van der Waals surface area contributed by atoms with E-state index >= 15 is 0 Å². The highest BCUT2D eigenvalue weighted by Gasteiger charge is 2.33. The van der Waals surface area contributed by atoms with E-state index in [1.807, 2.05) is 54.6 Å². The normalized spacial score (nSPS) is 14.5. The van der Waals surface area contributed by atoms with E-state index in [1.165, 1.54) is 0 Å². The van der Waals surface area contributed by atoms with Crippen molar-refractivity contribution in [1.82, 2.24) is 0 Å². The number of hydrogen-bond acceptors (Lipinski definition) is 6. The molecule has 7 nitrogen and oxygen atoms in total. The zero-order chi connectivity index (χ0) is 24.1. The lowest BCUT2D eigenvalue weighted by Crippen LogP contribution is -2.12. The van der Waals surface area contributed by atoms with Crippen LogP contribution in [-0.2, 0) is 25.0 Å². The van der Waals surface area contributed by atoms with Crippen molar-refractivity contribution in [2.24, 2.45) is 5.73 Å². The number of rotatable bonds is 9. The van der Waals surface area contributed by atoms with E-state index in [1.54, 1.807) is 32.0 Å². The third kappa shape index (κ3) is 4.83. The molecule has 0 aromatic heterocycles. The van der Waals surface area contributed by atoms with Crippen molar-refractivity contribution in [2.45, 2.75) is 20.4 Å². The fraction of sp³-hybridized carbons (Fsp3) is 0.192. The Hall–Kier alpha value is -3.22. The van der Waals surface area contributed by atoms with Crippen LogP contribution in [0.2, 0.25) is 0 Å². The molecule has 8 heteroatoms. The van der Waals surface area contributed by atoms with Crippen LogP contribution in [0, 0.1) is 0 Å². The number of carbonyl (C=O) groups excluding carboxylic acids is 1. The summed E-state index contributed by atoms with van der Waals surface area (Å²) in [4.78, 5) is 13.2. The second kappa shape index (κ2) is 10.4. The molecule has 1 amide bonds. The second-order valence-corrected chi connectivity index (χ2v) is 9.69. The summed E-state index contributed by atoms with van der Waals surface area (Å²) in [6.07, 6.45) is 0. The Morgan fingerprint density at radius 1 is 0.971 bits per heavy atom. The lowest BCUT2D eigenvalue weighted by molar-refractivity contribution is -0.110. The maximum atomic E-state index is 13.4. The fourth-order valence-corrected chi connectivity index (χ4v) is 5.45. The van der Waals surface area contributed by atoms with Gasteiger partial charge in [0.05, 0.1) is 29.8 Å². The lowest BCUT2D eigenvalue weighted by atomic mass is 10.00. The van der Waals surface area contributed by atoms with Gasteiger partial charge < -0.3 is 25.4 Å². The van der Waals surface area contributed by atoms with Crippen LogP contribution < -0.4 is 21.7 Å². The van der Waals surface area contributed by atoms with Gasteiger partial charge in [-0.15, -0.1) is 0 Å². The largest absolute Gasteiger partial charge is 0.361 e. The number of anilines is 2. The minimum atomic E-state index is -3.52. The summed E-state index contributed by atoms with van der Waals surface area (Å²) >= 11 is 0. The monoisotopic (exact) mass is 477 g/mol. The molecule has 34 heavy (non-hydrogen) atoms. The number of fused-ring (bicyclic) bond motifs is 1. The first kappa shape index (κ1) is 23.9. The molecule has 0 fully saturated rings. The van der Waals surface area contributed by atoms with E-state index in [4.69, 9.17) is 14.8 Å². The summed E-state index contributed by atoms with van der Waals surface area (Å²) in [5.74, 6) is -0.250. The summed E-state index contributed by atoms with van der Waals surface area (Å²) in [7, 11) is -3.52.